The lowest BCUT2D eigenvalue weighted by Crippen LogP contribution is -2.22. The van der Waals surface area contributed by atoms with Gasteiger partial charge in [-0.1, -0.05) is 32.9 Å². The standard InChI is InChI=1S/C16H27NO3/c1-5-9-19-10-11-20-16-14(12-17-13(2)3)7-6-8-15(16)18-4/h6-8,13,17H,5,9-12H2,1-4H3. The van der Waals surface area contributed by atoms with Gasteiger partial charge in [0.15, 0.2) is 11.5 Å². The predicted octanol–water partition coefficient (Wildman–Crippen LogP) is 3.00. The molecule has 0 amide bonds. The molecule has 0 atom stereocenters. The number of para-hydroxylation sites is 1. The Morgan fingerprint density at radius 2 is 1.95 bits per heavy atom. The van der Waals surface area contributed by atoms with E-state index < -0.39 is 0 Å². The van der Waals surface area contributed by atoms with Crippen molar-refractivity contribution in [3.63, 3.8) is 0 Å². The Morgan fingerprint density at radius 1 is 1.15 bits per heavy atom. The van der Waals surface area contributed by atoms with E-state index in [4.69, 9.17) is 14.2 Å². The first-order valence-electron chi connectivity index (χ1n) is 7.28. The second-order valence-corrected chi connectivity index (χ2v) is 4.94. The molecule has 0 radical (unpaired) electrons. The van der Waals surface area contributed by atoms with Crippen LogP contribution in [0.5, 0.6) is 11.5 Å². The minimum absolute atomic E-state index is 0.432. The lowest BCUT2D eigenvalue weighted by Gasteiger charge is -2.16. The van der Waals surface area contributed by atoms with Gasteiger partial charge in [-0.2, -0.15) is 0 Å². The largest absolute Gasteiger partial charge is 0.493 e. The predicted molar refractivity (Wildman–Crippen MR) is 81.6 cm³/mol. The van der Waals surface area contributed by atoms with E-state index in [-0.39, 0.29) is 0 Å². The molecule has 0 saturated carbocycles. The van der Waals surface area contributed by atoms with Gasteiger partial charge in [-0.3, -0.25) is 0 Å². The molecule has 1 aromatic rings. The molecule has 0 aliphatic heterocycles. The van der Waals surface area contributed by atoms with Crippen LogP contribution >= 0.6 is 0 Å². The van der Waals surface area contributed by atoms with Crippen LogP contribution in [0.25, 0.3) is 0 Å². The second-order valence-electron chi connectivity index (χ2n) is 4.94. The van der Waals surface area contributed by atoms with Crippen LogP contribution in [-0.2, 0) is 11.3 Å². The highest BCUT2D eigenvalue weighted by Gasteiger charge is 2.10. The van der Waals surface area contributed by atoms with Crippen molar-refractivity contribution < 1.29 is 14.2 Å². The summed E-state index contributed by atoms with van der Waals surface area (Å²) in [5.41, 5.74) is 1.11. The van der Waals surface area contributed by atoms with Gasteiger partial charge >= 0.3 is 0 Å². The summed E-state index contributed by atoms with van der Waals surface area (Å²) >= 11 is 0. The van der Waals surface area contributed by atoms with E-state index in [0.29, 0.717) is 19.3 Å². The first-order chi connectivity index (χ1) is 9.69. The molecule has 0 bridgehead atoms. The van der Waals surface area contributed by atoms with Gasteiger partial charge in [-0.05, 0) is 12.5 Å². The van der Waals surface area contributed by atoms with Crippen molar-refractivity contribution in [3.8, 4) is 11.5 Å². The summed E-state index contributed by atoms with van der Waals surface area (Å²) in [6.45, 7) is 9.02. The zero-order valence-corrected chi connectivity index (χ0v) is 13.1. The molecule has 1 N–H and O–H groups in total. The van der Waals surface area contributed by atoms with Crippen molar-refractivity contribution in [1.82, 2.24) is 5.32 Å². The normalized spacial score (nSPS) is 10.8. The third-order valence-electron chi connectivity index (χ3n) is 2.80. The summed E-state index contributed by atoms with van der Waals surface area (Å²) in [4.78, 5) is 0. The van der Waals surface area contributed by atoms with Gasteiger partial charge in [0.1, 0.15) is 6.61 Å². The summed E-state index contributed by atoms with van der Waals surface area (Å²) in [5, 5.41) is 3.40. The van der Waals surface area contributed by atoms with E-state index in [1.54, 1.807) is 7.11 Å². The van der Waals surface area contributed by atoms with Crippen molar-refractivity contribution in [2.75, 3.05) is 26.9 Å². The van der Waals surface area contributed by atoms with Gasteiger partial charge in [0.05, 0.1) is 13.7 Å². The molecule has 0 spiro atoms. The Labute approximate surface area is 122 Å². The molecule has 0 fully saturated rings. The zero-order valence-electron chi connectivity index (χ0n) is 13.1. The SMILES string of the molecule is CCCOCCOc1c(CNC(C)C)cccc1OC. The number of nitrogens with one attached hydrogen (secondary N) is 1. The molecule has 4 nitrogen and oxygen atoms in total. The molecule has 4 heteroatoms. The molecule has 1 rings (SSSR count). The number of rotatable bonds is 10. The Morgan fingerprint density at radius 3 is 2.60 bits per heavy atom. The number of hydrogen-bond acceptors (Lipinski definition) is 4. The van der Waals surface area contributed by atoms with Gasteiger partial charge in [-0.25, -0.2) is 0 Å². The van der Waals surface area contributed by atoms with Crippen LogP contribution in [0.2, 0.25) is 0 Å². The maximum atomic E-state index is 5.85. The molecular weight excluding hydrogens is 254 g/mol. The van der Waals surface area contributed by atoms with Gasteiger partial charge in [0.2, 0.25) is 0 Å². The van der Waals surface area contributed by atoms with Crippen LogP contribution in [0.15, 0.2) is 18.2 Å². The van der Waals surface area contributed by atoms with Gasteiger partial charge in [0.25, 0.3) is 0 Å². The summed E-state index contributed by atoms with van der Waals surface area (Å²) in [6, 6.07) is 6.39. The number of ether oxygens (including phenoxy) is 3. The van der Waals surface area contributed by atoms with Crippen molar-refractivity contribution >= 4 is 0 Å². The van der Waals surface area contributed by atoms with Crippen LogP contribution < -0.4 is 14.8 Å². The highest BCUT2D eigenvalue weighted by Crippen LogP contribution is 2.31. The van der Waals surface area contributed by atoms with E-state index in [0.717, 1.165) is 36.6 Å². The van der Waals surface area contributed by atoms with E-state index in [1.807, 2.05) is 12.1 Å². The minimum atomic E-state index is 0.432. The Balaban J connectivity index is 2.63. The highest BCUT2D eigenvalue weighted by molar-refractivity contribution is 5.46. The topological polar surface area (TPSA) is 39.7 Å². The Kier molecular flexibility index (Phi) is 8.07. The third-order valence-corrected chi connectivity index (χ3v) is 2.80. The maximum absolute atomic E-state index is 5.85. The van der Waals surface area contributed by atoms with Crippen molar-refractivity contribution in [1.29, 1.82) is 0 Å². The number of hydrogen-bond donors (Lipinski definition) is 1. The molecule has 0 unspecified atom stereocenters. The van der Waals surface area contributed by atoms with Crippen molar-refractivity contribution in [3.05, 3.63) is 23.8 Å². The fourth-order valence-corrected chi connectivity index (χ4v) is 1.79. The maximum Gasteiger partial charge on any atom is 0.165 e. The zero-order chi connectivity index (χ0) is 14.8. The van der Waals surface area contributed by atoms with Gasteiger partial charge in [-0.15, -0.1) is 0 Å². The van der Waals surface area contributed by atoms with Crippen molar-refractivity contribution in [2.45, 2.75) is 39.8 Å². The first kappa shape index (κ1) is 16.8. The molecule has 20 heavy (non-hydrogen) atoms. The van der Waals surface area contributed by atoms with Crippen LogP contribution in [0.1, 0.15) is 32.8 Å². The van der Waals surface area contributed by atoms with E-state index in [9.17, 15) is 0 Å². The summed E-state index contributed by atoms with van der Waals surface area (Å²) < 4.78 is 16.7. The molecular formula is C16H27NO3. The average Bonchev–Trinajstić information content (AvgIpc) is 2.45. The highest BCUT2D eigenvalue weighted by atomic mass is 16.5. The van der Waals surface area contributed by atoms with E-state index >= 15 is 0 Å². The van der Waals surface area contributed by atoms with E-state index in [1.165, 1.54) is 0 Å². The van der Waals surface area contributed by atoms with Crippen LogP contribution in [0.4, 0.5) is 0 Å². The fraction of sp³-hybridized carbons (Fsp3) is 0.625. The molecule has 0 aromatic heterocycles. The quantitative estimate of drug-likeness (QED) is 0.669. The summed E-state index contributed by atoms with van der Waals surface area (Å²) in [5.74, 6) is 1.58. The van der Waals surface area contributed by atoms with Crippen LogP contribution in [-0.4, -0.2) is 33.0 Å². The molecule has 114 valence electrons. The van der Waals surface area contributed by atoms with Crippen LogP contribution in [0, 0.1) is 0 Å². The lowest BCUT2D eigenvalue weighted by molar-refractivity contribution is 0.0991. The Hall–Kier alpha value is -1.26. The molecule has 1 aromatic carbocycles. The second kappa shape index (κ2) is 9.61. The fourth-order valence-electron chi connectivity index (χ4n) is 1.79. The third kappa shape index (κ3) is 5.80. The Bertz CT molecular complexity index is 380. The lowest BCUT2D eigenvalue weighted by atomic mass is 10.1. The van der Waals surface area contributed by atoms with Gasteiger partial charge in [0, 0.05) is 24.8 Å². The van der Waals surface area contributed by atoms with Crippen LogP contribution in [0.3, 0.4) is 0 Å². The molecule has 0 aliphatic rings. The average molecular weight is 281 g/mol. The molecule has 0 heterocycles. The summed E-state index contributed by atoms with van der Waals surface area (Å²) in [7, 11) is 1.66. The number of benzene rings is 1. The van der Waals surface area contributed by atoms with Crippen molar-refractivity contribution in [2.24, 2.45) is 0 Å². The first-order valence-corrected chi connectivity index (χ1v) is 7.28. The van der Waals surface area contributed by atoms with Gasteiger partial charge < -0.3 is 19.5 Å². The monoisotopic (exact) mass is 281 g/mol. The number of methoxy groups -OCH3 is 1. The minimum Gasteiger partial charge on any atom is -0.493 e. The molecule has 0 saturated heterocycles. The summed E-state index contributed by atoms with van der Waals surface area (Å²) in [6.07, 6.45) is 1.03. The smallest absolute Gasteiger partial charge is 0.165 e. The molecule has 0 aliphatic carbocycles. The van der Waals surface area contributed by atoms with E-state index in [2.05, 4.69) is 32.2 Å².